The predicted molar refractivity (Wildman–Crippen MR) is 65.7 cm³/mol. The van der Waals surface area contributed by atoms with Crippen molar-refractivity contribution < 1.29 is 23.8 Å². The summed E-state index contributed by atoms with van der Waals surface area (Å²) in [6, 6.07) is 3.84. The standard InChI is InChI=1S/C13H14FNO4/c1-13(2)12(18)15(6-5-11(16)17)9-7-8(14)3-4-10(9)19-13/h3-4,7H,5-6H2,1-2H3,(H,16,17). The number of benzene rings is 1. The quantitative estimate of drug-likeness (QED) is 0.906. The fourth-order valence-electron chi connectivity index (χ4n) is 1.97. The SMILES string of the molecule is CC1(C)Oc2ccc(F)cc2N(CCC(=O)O)C1=O. The van der Waals surface area contributed by atoms with E-state index in [4.69, 9.17) is 9.84 Å². The second kappa shape index (κ2) is 4.53. The monoisotopic (exact) mass is 267 g/mol. The molecule has 1 amide bonds. The molecule has 102 valence electrons. The van der Waals surface area contributed by atoms with Gasteiger partial charge >= 0.3 is 5.97 Å². The zero-order chi connectivity index (χ0) is 14.2. The molecule has 6 heteroatoms. The zero-order valence-corrected chi connectivity index (χ0v) is 10.6. The lowest BCUT2D eigenvalue weighted by atomic mass is 10.0. The van der Waals surface area contributed by atoms with Crippen LogP contribution in [0.3, 0.4) is 0 Å². The largest absolute Gasteiger partial charge is 0.481 e. The van der Waals surface area contributed by atoms with Crippen LogP contribution in [0.1, 0.15) is 20.3 Å². The van der Waals surface area contributed by atoms with Crippen LogP contribution in [0.15, 0.2) is 18.2 Å². The second-order valence-electron chi connectivity index (χ2n) is 4.82. The average molecular weight is 267 g/mol. The highest BCUT2D eigenvalue weighted by molar-refractivity contribution is 6.02. The van der Waals surface area contributed by atoms with Gasteiger partial charge in [-0.3, -0.25) is 9.59 Å². The lowest BCUT2D eigenvalue weighted by molar-refractivity contribution is -0.137. The van der Waals surface area contributed by atoms with Gasteiger partial charge in [0.15, 0.2) is 5.60 Å². The van der Waals surface area contributed by atoms with Crippen molar-refractivity contribution in [3.05, 3.63) is 24.0 Å². The maximum atomic E-state index is 13.3. The van der Waals surface area contributed by atoms with Crippen molar-refractivity contribution >= 4 is 17.6 Å². The number of fused-ring (bicyclic) bond motifs is 1. The summed E-state index contributed by atoms with van der Waals surface area (Å²) < 4.78 is 18.8. The van der Waals surface area contributed by atoms with Gasteiger partial charge in [0.2, 0.25) is 0 Å². The molecule has 0 saturated heterocycles. The van der Waals surface area contributed by atoms with Gasteiger partial charge in [-0.15, -0.1) is 0 Å². The maximum absolute atomic E-state index is 13.3. The van der Waals surface area contributed by atoms with Crippen molar-refractivity contribution in [2.75, 3.05) is 11.4 Å². The Bertz CT molecular complexity index is 541. The van der Waals surface area contributed by atoms with Crippen LogP contribution in [-0.2, 0) is 9.59 Å². The molecule has 0 aliphatic carbocycles. The number of carboxylic acids is 1. The van der Waals surface area contributed by atoms with Crippen molar-refractivity contribution in [1.82, 2.24) is 0 Å². The fraction of sp³-hybridized carbons (Fsp3) is 0.385. The van der Waals surface area contributed by atoms with Crippen LogP contribution in [0.5, 0.6) is 5.75 Å². The summed E-state index contributed by atoms with van der Waals surface area (Å²) in [6.45, 7) is 3.17. The molecule has 1 aliphatic rings. The predicted octanol–water partition coefficient (Wildman–Crippen LogP) is 1.80. The number of rotatable bonds is 3. The summed E-state index contributed by atoms with van der Waals surface area (Å²) in [5, 5.41) is 8.72. The molecular weight excluding hydrogens is 253 g/mol. The Hall–Kier alpha value is -2.11. The molecule has 0 unspecified atom stereocenters. The minimum Gasteiger partial charge on any atom is -0.481 e. The van der Waals surface area contributed by atoms with E-state index in [1.165, 1.54) is 23.1 Å². The minimum absolute atomic E-state index is 0.0165. The highest BCUT2D eigenvalue weighted by atomic mass is 19.1. The van der Waals surface area contributed by atoms with E-state index in [-0.39, 0.29) is 24.6 Å². The van der Waals surface area contributed by atoms with E-state index >= 15 is 0 Å². The zero-order valence-electron chi connectivity index (χ0n) is 10.6. The summed E-state index contributed by atoms with van der Waals surface area (Å²) in [7, 11) is 0. The molecule has 0 aromatic heterocycles. The number of anilines is 1. The number of carbonyl (C=O) groups is 2. The fourth-order valence-corrected chi connectivity index (χ4v) is 1.97. The van der Waals surface area contributed by atoms with Gasteiger partial charge in [-0.25, -0.2) is 4.39 Å². The van der Waals surface area contributed by atoms with Crippen LogP contribution >= 0.6 is 0 Å². The van der Waals surface area contributed by atoms with E-state index in [0.29, 0.717) is 5.75 Å². The Labute approximate surface area is 109 Å². The molecule has 1 aromatic carbocycles. The molecule has 0 bridgehead atoms. The van der Waals surface area contributed by atoms with Gasteiger partial charge in [0.1, 0.15) is 11.6 Å². The van der Waals surface area contributed by atoms with E-state index in [0.717, 1.165) is 0 Å². The highest BCUT2D eigenvalue weighted by Crippen LogP contribution is 2.38. The van der Waals surface area contributed by atoms with E-state index in [1.807, 2.05) is 0 Å². The summed E-state index contributed by atoms with van der Waals surface area (Å²) in [5.41, 5.74) is -0.825. The van der Waals surface area contributed by atoms with Crippen LogP contribution in [-0.4, -0.2) is 29.1 Å². The molecule has 1 heterocycles. The van der Waals surface area contributed by atoms with Gasteiger partial charge in [-0.1, -0.05) is 0 Å². The first-order chi connectivity index (χ1) is 8.81. The van der Waals surface area contributed by atoms with Crippen molar-refractivity contribution in [2.24, 2.45) is 0 Å². The number of carboxylic acid groups (broad SMARTS) is 1. The molecule has 0 atom stereocenters. The summed E-state index contributed by atoms with van der Waals surface area (Å²) in [5.74, 6) is -1.53. The highest BCUT2D eigenvalue weighted by Gasteiger charge is 2.40. The molecule has 1 aliphatic heterocycles. The van der Waals surface area contributed by atoms with Crippen LogP contribution < -0.4 is 9.64 Å². The van der Waals surface area contributed by atoms with Crippen LogP contribution in [0, 0.1) is 5.82 Å². The number of halogens is 1. The first-order valence-electron chi connectivity index (χ1n) is 5.83. The molecular formula is C13H14FNO4. The molecule has 0 radical (unpaired) electrons. The Morgan fingerprint density at radius 2 is 2.16 bits per heavy atom. The normalized spacial score (nSPS) is 16.8. The van der Waals surface area contributed by atoms with Gasteiger partial charge in [-0.2, -0.15) is 0 Å². The third-order valence-electron chi connectivity index (χ3n) is 2.89. The third kappa shape index (κ3) is 2.52. The van der Waals surface area contributed by atoms with Gasteiger partial charge < -0.3 is 14.7 Å². The van der Waals surface area contributed by atoms with Crippen LogP contribution in [0.2, 0.25) is 0 Å². The third-order valence-corrected chi connectivity index (χ3v) is 2.89. The number of aliphatic carboxylic acids is 1. The van der Waals surface area contributed by atoms with E-state index in [2.05, 4.69) is 0 Å². The summed E-state index contributed by atoms with van der Waals surface area (Å²) in [4.78, 5) is 24.1. The lowest BCUT2D eigenvalue weighted by Crippen LogP contribution is -2.53. The molecule has 0 fully saturated rings. The first kappa shape index (κ1) is 13.3. The molecule has 0 saturated carbocycles. The number of hydrogen-bond donors (Lipinski definition) is 1. The van der Waals surface area contributed by atoms with Crippen LogP contribution in [0.25, 0.3) is 0 Å². The molecule has 1 N–H and O–H groups in total. The molecule has 2 rings (SSSR count). The number of nitrogens with zero attached hydrogens (tertiary/aromatic N) is 1. The smallest absolute Gasteiger partial charge is 0.305 e. The van der Waals surface area contributed by atoms with Gasteiger partial charge in [0.25, 0.3) is 5.91 Å². The number of ether oxygens (including phenoxy) is 1. The summed E-state index contributed by atoms with van der Waals surface area (Å²) >= 11 is 0. The topological polar surface area (TPSA) is 66.8 Å². The minimum atomic E-state index is -1.09. The molecule has 5 nitrogen and oxygen atoms in total. The van der Waals surface area contributed by atoms with Gasteiger partial charge in [0, 0.05) is 12.6 Å². The molecule has 19 heavy (non-hydrogen) atoms. The Morgan fingerprint density at radius 1 is 1.47 bits per heavy atom. The molecule has 0 spiro atoms. The van der Waals surface area contributed by atoms with Crippen molar-refractivity contribution in [1.29, 1.82) is 0 Å². The van der Waals surface area contributed by atoms with E-state index in [1.54, 1.807) is 13.8 Å². The maximum Gasteiger partial charge on any atom is 0.305 e. The first-order valence-corrected chi connectivity index (χ1v) is 5.83. The molecule has 1 aromatic rings. The van der Waals surface area contributed by atoms with Gasteiger partial charge in [-0.05, 0) is 26.0 Å². The Balaban J connectivity index is 2.41. The van der Waals surface area contributed by atoms with Crippen molar-refractivity contribution in [3.63, 3.8) is 0 Å². The Morgan fingerprint density at radius 3 is 2.79 bits per heavy atom. The van der Waals surface area contributed by atoms with Gasteiger partial charge in [0.05, 0.1) is 12.1 Å². The average Bonchev–Trinajstić information content (AvgIpc) is 2.30. The van der Waals surface area contributed by atoms with E-state index < -0.39 is 17.4 Å². The number of carbonyl (C=O) groups excluding carboxylic acids is 1. The van der Waals surface area contributed by atoms with Crippen molar-refractivity contribution in [2.45, 2.75) is 25.9 Å². The number of amides is 1. The second-order valence-corrected chi connectivity index (χ2v) is 4.82. The van der Waals surface area contributed by atoms with Crippen molar-refractivity contribution in [3.8, 4) is 5.75 Å². The Kier molecular flexibility index (Phi) is 3.18. The number of hydrogen-bond acceptors (Lipinski definition) is 3. The summed E-state index contributed by atoms with van der Waals surface area (Å²) in [6.07, 6.45) is -0.211. The lowest BCUT2D eigenvalue weighted by Gasteiger charge is -2.38. The van der Waals surface area contributed by atoms with E-state index in [9.17, 15) is 14.0 Å². The van der Waals surface area contributed by atoms with Crippen LogP contribution in [0.4, 0.5) is 10.1 Å².